The Labute approximate surface area is 238 Å². The van der Waals surface area contributed by atoms with E-state index >= 15 is 0 Å². The molecule has 1 aliphatic rings. The third-order valence-corrected chi connectivity index (χ3v) is 7.47. The first-order valence-electron chi connectivity index (χ1n) is 11.9. The van der Waals surface area contributed by atoms with Crippen molar-refractivity contribution in [1.82, 2.24) is 5.43 Å². The van der Waals surface area contributed by atoms with E-state index in [1.165, 1.54) is 41.8 Å². The maximum absolute atomic E-state index is 12.6. The van der Waals surface area contributed by atoms with Gasteiger partial charge >= 0.3 is 17.8 Å². The Balaban J connectivity index is 1.40. The van der Waals surface area contributed by atoms with Crippen molar-refractivity contribution >= 4 is 63.5 Å². The number of carbonyl (C=O) groups is 3. The van der Waals surface area contributed by atoms with Crippen LogP contribution in [0.3, 0.4) is 0 Å². The maximum Gasteiger partial charge on any atom is 0.345 e. The van der Waals surface area contributed by atoms with Crippen molar-refractivity contribution < 1.29 is 23.9 Å². The van der Waals surface area contributed by atoms with Gasteiger partial charge in [0.15, 0.2) is 11.5 Å². The molecule has 1 heterocycles. The summed E-state index contributed by atoms with van der Waals surface area (Å²) in [7, 11) is 0. The lowest BCUT2D eigenvalue weighted by Gasteiger charge is -2.12. The Hall–Kier alpha value is -3.91. The summed E-state index contributed by atoms with van der Waals surface area (Å²) >= 11 is 13.3. The van der Waals surface area contributed by atoms with Crippen LogP contribution in [0.15, 0.2) is 41.5 Å². The number of amides is 2. The van der Waals surface area contributed by atoms with Gasteiger partial charge in [-0.25, -0.2) is 10.2 Å². The van der Waals surface area contributed by atoms with Gasteiger partial charge in [0, 0.05) is 9.90 Å². The van der Waals surface area contributed by atoms with E-state index in [9.17, 15) is 19.6 Å². The second-order valence-electron chi connectivity index (χ2n) is 8.33. The fraction of sp³-hybridized carbons (Fsp3) is 0.222. The number of halogens is 2. The molecule has 200 valence electrons. The number of hydrogen-bond donors (Lipinski definition) is 2. The standard InChI is InChI=1S/C27H22Cl2N4O5S/c1-2-37-22-11-15(7-10-21(22)38-27(36)18-9-8-16(28)12-20(18)29)14-31-33-25(35)24(34)32-26-19(13-30)17-5-3-4-6-23(17)39-26/h7-12,14H,2-6H2,1H3,(H,32,34)(H,33,35)/b31-14+. The monoisotopic (exact) mass is 584 g/mol. The average molecular weight is 585 g/mol. The molecule has 0 unspecified atom stereocenters. The van der Waals surface area contributed by atoms with Crippen LogP contribution >= 0.6 is 34.5 Å². The number of nitriles is 1. The fourth-order valence-corrected chi connectivity index (χ4v) is 5.64. The van der Waals surface area contributed by atoms with Gasteiger partial charge in [-0.3, -0.25) is 9.59 Å². The van der Waals surface area contributed by atoms with Crippen LogP contribution in [0.5, 0.6) is 11.5 Å². The van der Waals surface area contributed by atoms with Crippen molar-refractivity contribution in [1.29, 1.82) is 5.26 Å². The molecule has 2 aromatic carbocycles. The summed E-state index contributed by atoms with van der Waals surface area (Å²) < 4.78 is 11.0. The minimum atomic E-state index is -0.989. The Morgan fingerprint density at radius 2 is 1.90 bits per heavy atom. The van der Waals surface area contributed by atoms with Crippen LogP contribution < -0.4 is 20.2 Å². The predicted molar refractivity (Wildman–Crippen MR) is 149 cm³/mol. The highest BCUT2D eigenvalue weighted by molar-refractivity contribution is 7.16. The van der Waals surface area contributed by atoms with E-state index in [1.807, 2.05) is 0 Å². The summed E-state index contributed by atoms with van der Waals surface area (Å²) in [5, 5.41) is 16.8. The highest BCUT2D eigenvalue weighted by atomic mass is 35.5. The van der Waals surface area contributed by atoms with Gasteiger partial charge in [-0.05, 0) is 80.1 Å². The molecular formula is C27H22Cl2N4O5S. The zero-order valence-electron chi connectivity index (χ0n) is 20.7. The number of esters is 1. The first-order valence-corrected chi connectivity index (χ1v) is 13.5. The lowest BCUT2D eigenvalue weighted by atomic mass is 9.96. The van der Waals surface area contributed by atoms with Gasteiger partial charge in [-0.15, -0.1) is 11.3 Å². The van der Waals surface area contributed by atoms with Crippen LogP contribution in [0.1, 0.15) is 51.7 Å². The van der Waals surface area contributed by atoms with Crippen molar-refractivity contribution in [2.24, 2.45) is 5.10 Å². The van der Waals surface area contributed by atoms with Crippen LogP contribution in [0.4, 0.5) is 5.00 Å². The van der Waals surface area contributed by atoms with Crippen molar-refractivity contribution in [2.75, 3.05) is 11.9 Å². The van der Waals surface area contributed by atoms with Crippen molar-refractivity contribution in [3.8, 4) is 17.6 Å². The number of thiophene rings is 1. The molecule has 12 heteroatoms. The van der Waals surface area contributed by atoms with Crippen LogP contribution in [-0.2, 0) is 22.4 Å². The smallest absolute Gasteiger partial charge is 0.345 e. The molecule has 0 radical (unpaired) electrons. The molecule has 1 aromatic heterocycles. The molecule has 2 N–H and O–H groups in total. The largest absolute Gasteiger partial charge is 0.490 e. The summed E-state index contributed by atoms with van der Waals surface area (Å²) in [4.78, 5) is 38.4. The molecule has 0 bridgehead atoms. The number of ether oxygens (including phenoxy) is 2. The number of aryl methyl sites for hydroxylation is 1. The molecule has 4 rings (SSSR count). The highest BCUT2D eigenvalue weighted by Crippen LogP contribution is 2.37. The topological polar surface area (TPSA) is 130 Å². The van der Waals surface area contributed by atoms with Crippen molar-refractivity contribution in [3.63, 3.8) is 0 Å². The van der Waals surface area contributed by atoms with Gasteiger partial charge in [-0.2, -0.15) is 10.4 Å². The second kappa shape index (κ2) is 12.8. The summed E-state index contributed by atoms with van der Waals surface area (Å²) in [5.74, 6) is -2.20. The molecule has 39 heavy (non-hydrogen) atoms. The van der Waals surface area contributed by atoms with Crippen molar-refractivity contribution in [2.45, 2.75) is 32.6 Å². The van der Waals surface area contributed by atoms with E-state index in [-0.39, 0.29) is 22.1 Å². The number of anilines is 1. The number of nitrogens with zero attached hydrogens (tertiary/aromatic N) is 2. The summed E-state index contributed by atoms with van der Waals surface area (Å²) in [6.07, 6.45) is 4.98. The minimum Gasteiger partial charge on any atom is -0.490 e. The number of fused-ring (bicyclic) bond motifs is 1. The Morgan fingerprint density at radius 3 is 2.64 bits per heavy atom. The molecule has 0 saturated carbocycles. The summed E-state index contributed by atoms with van der Waals surface area (Å²) in [6.45, 7) is 2.06. The lowest BCUT2D eigenvalue weighted by molar-refractivity contribution is -0.136. The van der Waals surface area contributed by atoms with Gasteiger partial charge < -0.3 is 14.8 Å². The molecule has 0 spiro atoms. The number of hydrogen-bond acceptors (Lipinski definition) is 8. The lowest BCUT2D eigenvalue weighted by Crippen LogP contribution is -2.32. The molecule has 0 atom stereocenters. The predicted octanol–water partition coefficient (Wildman–Crippen LogP) is 5.51. The van der Waals surface area contributed by atoms with E-state index in [4.69, 9.17) is 32.7 Å². The van der Waals surface area contributed by atoms with E-state index in [0.717, 1.165) is 36.1 Å². The normalized spacial score (nSPS) is 12.4. The number of rotatable bonds is 7. The van der Waals surface area contributed by atoms with Crippen LogP contribution in [0.2, 0.25) is 10.0 Å². The van der Waals surface area contributed by atoms with Crippen LogP contribution in [0, 0.1) is 11.3 Å². The third-order valence-electron chi connectivity index (χ3n) is 5.72. The molecular weight excluding hydrogens is 563 g/mol. The second-order valence-corrected chi connectivity index (χ2v) is 10.3. The van der Waals surface area contributed by atoms with E-state index in [1.54, 1.807) is 19.1 Å². The number of carbonyl (C=O) groups excluding carboxylic acids is 3. The Morgan fingerprint density at radius 1 is 1.10 bits per heavy atom. The Kier molecular flexibility index (Phi) is 9.19. The molecule has 3 aromatic rings. The van der Waals surface area contributed by atoms with Gasteiger partial charge in [0.1, 0.15) is 11.1 Å². The highest BCUT2D eigenvalue weighted by Gasteiger charge is 2.23. The molecule has 0 fully saturated rings. The quantitative estimate of drug-likeness (QED) is 0.124. The SMILES string of the molecule is CCOc1cc(/C=N/NC(=O)C(=O)Nc2sc3c(c2C#N)CCCC3)ccc1OC(=O)c1ccc(Cl)cc1Cl. The molecule has 1 aliphatic carbocycles. The van der Waals surface area contributed by atoms with Gasteiger partial charge in [0.05, 0.1) is 29.0 Å². The molecule has 0 saturated heterocycles. The first-order chi connectivity index (χ1) is 18.8. The Bertz CT molecular complexity index is 1510. The van der Waals surface area contributed by atoms with E-state index < -0.39 is 17.8 Å². The van der Waals surface area contributed by atoms with Gasteiger partial charge in [-0.1, -0.05) is 23.2 Å². The van der Waals surface area contributed by atoms with Gasteiger partial charge in [0.25, 0.3) is 0 Å². The van der Waals surface area contributed by atoms with E-state index in [2.05, 4.69) is 21.9 Å². The molecule has 9 nitrogen and oxygen atoms in total. The zero-order valence-corrected chi connectivity index (χ0v) is 23.0. The van der Waals surface area contributed by atoms with Gasteiger partial charge in [0.2, 0.25) is 0 Å². The summed E-state index contributed by atoms with van der Waals surface area (Å²) in [6, 6.07) is 11.2. The van der Waals surface area contributed by atoms with E-state index in [0.29, 0.717) is 27.8 Å². The maximum atomic E-state index is 12.6. The minimum absolute atomic E-state index is 0.139. The third kappa shape index (κ3) is 6.75. The fourth-order valence-electron chi connectivity index (χ4n) is 3.92. The number of benzene rings is 2. The zero-order chi connectivity index (χ0) is 27.9. The molecule has 0 aliphatic heterocycles. The van der Waals surface area contributed by atoms with Crippen LogP contribution in [0.25, 0.3) is 0 Å². The van der Waals surface area contributed by atoms with Crippen molar-refractivity contribution in [3.05, 3.63) is 73.6 Å². The van der Waals surface area contributed by atoms with Crippen LogP contribution in [-0.4, -0.2) is 30.6 Å². The number of hydrazone groups is 1. The first kappa shape index (κ1) is 28.1. The number of nitrogens with one attached hydrogen (secondary N) is 2. The average Bonchev–Trinajstić information content (AvgIpc) is 3.26. The summed E-state index contributed by atoms with van der Waals surface area (Å²) in [5.41, 5.74) is 4.18. The molecule has 2 amide bonds.